The van der Waals surface area contributed by atoms with Gasteiger partial charge in [0.1, 0.15) is 5.40 Å². The fourth-order valence-electron chi connectivity index (χ4n) is 3.11. The molecule has 0 fully saturated rings. The predicted octanol–water partition coefficient (Wildman–Crippen LogP) is 3.63. The zero-order valence-electron chi connectivity index (χ0n) is 12.1. The Bertz CT molecular complexity index is 562. The van der Waals surface area contributed by atoms with E-state index in [4.69, 9.17) is 4.74 Å². The number of carbonyl (C=O) groups excluding carboxylic acids is 1. The van der Waals surface area contributed by atoms with E-state index < -0.39 is 4.75 Å². The monoisotopic (exact) mass is 289 g/mol. The van der Waals surface area contributed by atoms with Crippen LogP contribution in [0.1, 0.15) is 38.3 Å². The molecule has 0 aromatic heterocycles. The maximum Gasteiger partial charge on any atom is 0.307 e. The van der Waals surface area contributed by atoms with Gasteiger partial charge in [-0.05, 0) is 41.6 Å². The number of thioether (sulfide) groups is 1. The second-order valence-corrected chi connectivity index (χ2v) is 6.80. The molecule has 0 saturated heterocycles. The standard InChI is InChI=1S/C16H19NO2S/c1-4-19-14(18)10-16(20-11-17)13-8-6-5-7-12(13)9-15(16,2)3/h5-8H,4,9-10H2,1-3H3. The van der Waals surface area contributed by atoms with Crippen LogP contribution in [0.2, 0.25) is 0 Å². The summed E-state index contributed by atoms with van der Waals surface area (Å²) < 4.78 is 4.60. The normalized spacial score (nSPS) is 22.9. The maximum atomic E-state index is 12.0. The van der Waals surface area contributed by atoms with Crippen molar-refractivity contribution >= 4 is 17.7 Å². The van der Waals surface area contributed by atoms with E-state index in [1.807, 2.05) is 18.2 Å². The molecule has 4 heteroatoms. The lowest BCUT2D eigenvalue weighted by Gasteiger charge is -2.38. The third-order valence-corrected chi connectivity index (χ3v) is 5.45. The molecule has 0 saturated carbocycles. The molecule has 0 heterocycles. The highest BCUT2D eigenvalue weighted by atomic mass is 32.2. The molecule has 1 aliphatic carbocycles. The van der Waals surface area contributed by atoms with E-state index in [1.54, 1.807) is 6.92 Å². The number of fused-ring (bicyclic) bond motifs is 1. The van der Waals surface area contributed by atoms with Crippen LogP contribution in [0.4, 0.5) is 0 Å². The number of carbonyl (C=O) groups is 1. The van der Waals surface area contributed by atoms with Crippen LogP contribution in [-0.4, -0.2) is 12.6 Å². The Labute approximate surface area is 124 Å². The second kappa shape index (κ2) is 5.49. The van der Waals surface area contributed by atoms with E-state index in [0.717, 1.165) is 12.0 Å². The zero-order valence-corrected chi connectivity index (χ0v) is 12.9. The third kappa shape index (κ3) is 2.31. The average Bonchev–Trinajstić information content (AvgIpc) is 2.58. The first kappa shape index (κ1) is 14.9. The molecule has 0 radical (unpaired) electrons. The van der Waals surface area contributed by atoms with Crippen LogP contribution < -0.4 is 0 Å². The molecular weight excluding hydrogens is 270 g/mol. The Morgan fingerprint density at radius 2 is 2.15 bits per heavy atom. The van der Waals surface area contributed by atoms with Gasteiger partial charge in [-0.25, -0.2) is 0 Å². The van der Waals surface area contributed by atoms with Crippen LogP contribution in [0, 0.1) is 16.1 Å². The molecule has 1 aromatic carbocycles. The van der Waals surface area contributed by atoms with E-state index in [0.29, 0.717) is 6.61 Å². The lowest BCUT2D eigenvalue weighted by Crippen LogP contribution is -2.37. The molecule has 1 unspecified atom stereocenters. The van der Waals surface area contributed by atoms with Crippen LogP contribution in [0.25, 0.3) is 0 Å². The summed E-state index contributed by atoms with van der Waals surface area (Å²) in [6.07, 6.45) is 1.11. The fraction of sp³-hybridized carbons (Fsp3) is 0.500. The molecule has 1 atom stereocenters. The van der Waals surface area contributed by atoms with E-state index >= 15 is 0 Å². The number of nitrogens with zero attached hydrogens (tertiary/aromatic N) is 1. The lowest BCUT2D eigenvalue weighted by molar-refractivity contribution is -0.144. The molecule has 1 aliphatic rings. The highest BCUT2D eigenvalue weighted by molar-refractivity contribution is 8.04. The Kier molecular flexibility index (Phi) is 4.10. The van der Waals surface area contributed by atoms with Gasteiger partial charge < -0.3 is 4.74 Å². The van der Waals surface area contributed by atoms with Crippen LogP contribution in [0.3, 0.4) is 0 Å². The van der Waals surface area contributed by atoms with Crippen molar-refractivity contribution in [3.63, 3.8) is 0 Å². The Balaban J connectivity index is 2.49. The molecule has 3 nitrogen and oxygen atoms in total. The van der Waals surface area contributed by atoms with Gasteiger partial charge in [-0.15, -0.1) is 0 Å². The van der Waals surface area contributed by atoms with E-state index in [-0.39, 0.29) is 17.8 Å². The molecule has 20 heavy (non-hydrogen) atoms. The topological polar surface area (TPSA) is 50.1 Å². The first-order chi connectivity index (χ1) is 9.47. The van der Waals surface area contributed by atoms with Crippen molar-refractivity contribution in [3.05, 3.63) is 35.4 Å². The van der Waals surface area contributed by atoms with Crippen molar-refractivity contribution in [2.45, 2.75) is 38.4 Å². The van der Waals surface area contributed by atoms with Crippen molar-refractivity contribution in [2.24, 2.45) is 5.41 Å². The summed E-state index contributed by atoms with van der Waals surface area (Å²) >= 11 is 1.19. The molecule has 0 bridgehead atoms. The number of ether oxygens (including phenoxy) is 1. The quantitative estimate of drug-likeness (QED) is 0.627. The number of benzene rings is 1. The van der Waals surface area contributed by atoms with Gasteiger partial charge in [-0.3, -0.25) is 4.79 Å². The van der Waals surface area contributed by atoms with E-state index in [2.05, 4.69) is 25.3 Å². The molecule has 2 rings (SSSR count). The molecule has 0 aliphatic heterocycles. The minimum Gasteiger partial charge on any atom is -0.466 e. The number of hydrogen-bond acceptors (Lipinski definition) is 4. The largest absolute Gasteiger partial charge is 0.466 e. The summed E-state index contributed by atoms with van der Waals surface area (Å²) in [5.74, 6) is -0.236. The van der Waals surface area contributed by atoms with Crippen LogP contribution in [0.15, 0.2) is 24.3 Å². The highest BCUT2D eigenvalue weighted by Crippen LogP contribution is 2.59. The summed E-state index contributed by atoms with van der Waals surface area (Å²) in [4.78, 5) is 12.0. The van der Waals surface area contributed by atoms with Crippen molar-refractivity contribution < 1.29 is 9.53 Å². The van der Waals surface area contributed by atoms with Gasteiger partial charge in [-0.1, -0.05) is 38.1 Å². The van der Waals surface area contributed by atoms with E-state index in [9.17, 15) is 10.1 Å². The molecule has 106 valence electrons. The van der Waals surface area contributed by atoms with Gasteiger partial charge >= 0.3 is 5.97 Å². The van der Waals surface area contributed by atoms with Crippen molar-refractivity contribution in [1.82, 2.24) is 0 Å². The summed E-state index contributed by atoms with van der Waals surface area (Å²) in [6, 6.07) is 8.10. The lowest BCUT2D eigenvalue weighted by atomic mass is 9.77. The summed E-state index contributed by atoms with van der Waals surface area (Å²) in [5.41, 5.74) is 2.17. The molecule has 0 N–H and O–H groups in total. The van der Waals surface area contributed by atoms with Crippen molar-refractivity contribution in [1.29, 1.82) is 5.26 Å². The smallest absolute Gasteiger partial charge is 0.307 e. The predicted molar refractivity (Wildman–Crippen MR) is 80.1 cm³/mol. The van der Waals surface area contributed by atoms with Crippen LogP contribution in [-0.2, 0) is 20.7 Å². The highest BCUT2D eigenvalue weighted by Gasteiger charge is 2.54. The zero-order chi connectivity index (χ0) is 14.8. The molecule has 1 aromatic rings. The fourth-order valence-corrected chi connectivity index (χ4v) is 4.11. The average molecular weight is 289 g/mol. The van der Waals surface area contributed by atoms with Gasteiger partial charge in [0.25, 0.3) is 0 Å². The Morgan fingerprint density at radius 3 is 2.80 bits per heavy atom. The number of hydrogen-bond donors (Lipinski definition) is 0. The van der Waals surface area contributed by atoms with Crippen LogP contribution in [0.5, 0.6) is 0 Å². The first-order valence-electron chi connectivity index (χ1n) is 6.78. The first-order valence-corrected chi connectivity index (χ1v) is 7.59. The SMILES string of the molecule is CCOC(=O)CC1(SC#N)c2ccccc2CC1(C)C. The number of rotatable bonds is 4. The second-order valence-electron chi connectivity index (χ2n) is 5.72. The van der Waals surface area contributed by atoms with Crippen LogP contribution >= 0.6 is 11.8 Å². The number of esters is 1. The number of thiocyanates is 1. The van der Waals surface area contributed by atoms with Gasteiger partial charge in [0.2, 0.25) is 0 Å². The Hall–Kier alpha value is -1.47. The van der Waals surface area contributed by atoms with Gasteiger partial charge in [0, 0.05) is 0 Å². The Morgan fingerprint density at radius 1 is 1.45 bits per heavy atom. The molecular formula is C16H19NO2S. The molecule has 0 amide bonds. The summed E-state index contributed by atoms with van der Waals surface area (Å²) in [5, 5.41) is 11.5. The van der Waals surface area contributed by atoms with Gasteiger partial charge in [0.05, 0.1) is 17.8 Å². The van der Waals surface area contributed by atoms with Crippen molar-refractivity contribution in [3.8, 4) is 5.40 Å². The maximum absolute atomic E-state index is 12.0. The molecule has 0 spiro atoms. The minimum atomic E-state index is -0.523. The van der Waals surface area contributed by atoms with Crippen molar-refractivity contribution in [2.75, 3.05) is 6.61 Å². The van der Waals surface area contributed by atoms with Gasteiger partial charge in [-0.2, -0.15) is 5.26 Å². The third-order valence-electron chi connectivity index (χ3n) is 4.10. The minimum absolute atomic E-state index is 0.163. The van der Waals surface area contributed by atoms with Gasteiger partial charge in [0.15, 0.2) is 0 Å². The van der Waals surface area contributed by atoms with E-state index in [1.165, 1.54) is 17.3 Å². The summed E-state index contributed by atoms with van der Waals surface area (Å²) in [7, 11) is 0. The summed E-state index contributed by atoms with van der Waals surface area (Å²) in [6.45, 7) is 6.41. The number of nitriles is 1.